The van der Waals surface area contributed by atoms with Crippen LogP contribution >= 0.6 is 0 Å². The Morgan fingerprint density at radius 1 is 0.933 bits per heavy atom. The minimum Gasteiger partial charge on any atom is -0.497 e. The molecule has 0 aliphatic carbocycles. The molecule has 0 unspecified atom stereocenters. The largest absolute Gasteiger partial charge is 0.497 e. The number of methoxy groups -OCH3 is 1. The second-order valence-electron chi connectivity index (χ2n) is 6.16. The Morgan fingerprint density at radius 3 is 2.20 bits per heavy atom. The molecule has 0 amide bonds. The van der Waals surface area contributed by atoms with Crippen molar-refractivity contribution in [2.45, 2.75) is 6.92 Å². The molecule has 30 heavy (non-hydrogen) atoms. The van der Waals surface area contributed by atoms with Gasteiger partial charge < -0.3 is 14.2 Å². The molecule has 0 aliphatic rings. The number of hydrogen-bond acceptors (Lipinski definition) is 8. The van der Waals surface area contributed by atoms with Crippen molar-refractivity contribution in [3.63, 3.8) is 0 Å². The predicted octanol–water partition coefficient (Wildman–Crippen LogP) is 2.70. The number of aromatic nitrogens is 3. The summed E-state index contributed by atoms with van der Waals surface area (Å²) in [5, 5.41) is 4.45. The monoisotopic (exact) mass is 433 g/mol. The summed E-state index contributed by atoms with van der Waals surface area (Å²) < 4.78 is 44.5. The van der Waals surface area contributed by atoms with Crippen LogP contribution < -0.4 is 14.2 Å². The SMILES string of the molecule is CCOc1nc(-c2ccc(OCCOS(C)(=O)=O)cc2)n(-c2ccc(OC)cc2)n1. The summed E-state index contributed by atoms with van der Waals surface area (Å²) in [6, 6.07) is 14.9. The summed E-state index contributed by atoms with van der Waals surface area (Å²) in [5.74, 6) is 1.93. The van der Waals surface area contributed by atoms with Crippen molar-refractivity contribution in [2.75, 3.05) is 33.2 Å². The van der Waals surface area contributed by atoms with Crippen LogP contribution in [0.1, 0.15) is 6.92 Å². The molecule has 3 aromatic rings. The van der Waals surface area contributed by atoms with Gasteiger partial charge in [-0.2, -0.15) is 13.4 Å². The van der Waals surface area contributed by atoms with Crippen LogP contribution in [0.2, 0.25) is 0 Å². The van der Waals surface area contributed by atoms with E-state index in [0.29, 0.717) is 18.2 Å². The molecule has 1 heterocycles. The summed E-state index contributed by atoms with van der Waals surface area (Å²) in [4.78, 5) is 4.49. The van der Waals surface area contributed by atoms with E-state index in [0.717, 1.165) is 23.3 Å². The average Bonchev–Trinajstić information content (AvgIpc) is 3.15. The maximum Gasteiger partial charge on any atom is 0.336 e. The number of rotatable bonds is 10. The lowest BCUT2D eigenvalue weighted by Crippen LogP contribution is -2.11. The number of benzene rings is 2. The first-order valence-corrected chi connectivity index (χ1v) is 11.0. The maximum absolute atomic E-state index is 11.0. The van der Waals surface area contributed by atoms with Crippen molar-refractivity contribution >= 4 is 10.1 Å². The Hall–Kier alpha value is -3.11. The molecule has 0 fully saturated rings. The Bertz CT molecular complexity index is 1060. The molecule has 1 aromatic heterocycles. The molecule has 0 spiro atoms. The lowest BCUT2D eigenvalue weighted by molar-refractivity contribution is 0.222. The van der Waals surface area contributed by atoms with Gasteiger partial charge in [-0.3, -0.25) is 4.18 Å². The van der Waals surface area contributed by atoms with Crippen LogP contribution in [-0.4, -0.2) is 56.4 Å². The molecule has 9 nitrogen and oxygen atoms in total. The first-order valence-electron chi connectivity index (χ1n) is 9.21. The van der Waals surface area contributed by atoms with E-state index in [9.17, 15) is 8.42 Å². The summed E-state index contributed by atoms with van der Waals surface area (Å²) >= 11 is 0. The highest BCUT2D eigenvalue weighted by atomic mass is 32.2. The van der Waals surface area contributed by atoms with Crippen molar-refractivity contribution in [1.29, 1.82) is 0 Å². The van der Waals surface area contributed by atoms with Crippen LogP contribution in [0.25, 0.3) is 17.1 Å². The minimum atomic E-state index is -3.48. The van der Waals surface area contributed by atoms with Crippen LogP contribution in [-0.2, 0) is 14.3 Å². The molecule has 160 valence electrons. The van der Waals surface area contributed by atoms with Gasteiger partial charge in [0.1, 0.15) is 24.7 Å². The Morgan fingerprint density at radius 2 is 1.60 bits per heavy atom. The number of hydrogen-bond donors (Lipinski definition) is 0. The first kappa shape index (κ1) is 21.6. The first-order chi connectivity index (χ1) is 14.4. The zero-order chi connectivity index (χ0) is 21.6. The van der Waals surface area contributed by atoms with Crippen LogP contribution in [0.5, 0.6) is 17.5 Å². The van der Waals surface area contributed by atoms with Gasteiger partial charge in [-0.05, 0) is 55.5 Å². The summed E-state index contributed by atoms with van der Waals surface area (Å²) in [5.41, 5.74) is 1.62. The number of ether oxygens (including phenoxy) is 3. The zero-order valence-corrected chi connectivity index (χ0v) is 17.8. The molecule has 0 aliphatic heterocycles. The molecule has 0 saturated carbocycles. The van der Waals surface area contributed by atoms with E-state index in [4.69, 9.17) is 14.2 Å². The molecule has 0 N–H and O–H groups in total. The van der Waals surface area contributed by atoms with Crippen molar-refractivity contribution in [3.05, 3.63) is 48.5 Å². The van der Waals surface area contributed by atoms with Crippen LogP contribution in [0.4, 0.5) is 0 Å². The fourth-order valence-corrected chi connectivity index (χ4v) is 2.99. The van der Waals surface area contributed by atoms with Crippen LogP contribution in [0, 0.1) is 0 Å². The summed E-state index contributed by atoms with van der Waals surface area (Å²) in [6.45, 7) is 2.38. The summed E-state index contributed by atoms with van der Waals surface area (Å²) in [7, 11) is -1.87. The topological polar surface area (TPSA) is 102 Å². The maximum atomic E-state index is 11.0. The highest BCUT2D eigenvalue weighted by molar-refractivity contribution is 7.85. The zero-order valence-electron chi connectivity index (χ0n) is 16.9. The van der Waals surface area contributed by atoms with E-state index in [1.54, 1.807) is 23.9 Å². The third-order valence-corrected chi connectivity index (χ3v) is 4.53. The van der Waals surface area contributed by atoms with E-state index >= 15 is 0 Å². The van der Waals surface area contributed by atoms with E-state index in [2.05, 4.69) is 14.3 Å². The van der Waals surface area contributed by atoms with Gasteiger partial charge in [-0.1, -0.05) is 0 Å². The van der Waals surface area contributed by atoms with E-state index < -0.39 is 10.1 Å². The molecular weight excluding hydrogens is 410 g/mol. The lowest BCUT2D eigenvalue weighted by atomic mass is 10.2. The molecule has 2 aromatic carbocycles. The Balaban J connectivity index is 1.80. The van der Waals surface area contributed by atoms with Crippen LogP contribution in [0.3, 0.4) is 0 Å². The van der Waals surface area contributed by atoms with Crippen molar-refractivity contribution in [1.82, 2.24) is 14.8 Å². The smallest absolute Gasteiger partial charge is 0.336 e. The van der Waals surface area contributed by atoms with Gasteiger partial charge in [-0.15, -0.1) is 5.10 Å². The third kappa shape index (κ3) is 5.71. The molecule has 0 atom stereocenters. The predicted molar refractivity (Wildman–Crippen MR) is 111 cm³/mol. The Labute approximate surface area is 175 Å². The standard InChI is InChI=1S/C20H23N3O6S/c1-4-27-20-21-19(23(22-20)16-7-11-17(26-2)12-8-16)15-5-9-18(10-6-15)28-13-14-29-30(3,24)25/h5-12H,4,13-14H2,1-3H3. The average molecular weight is 433 g/mol. The molecule has 0 saturated heterocycles. The highest BCUT2D eigenvalue weighted by Crippen LogP contribution is 2.26. The molecule has 10 heteroatoms. The van der Waals surface area contributed by atoms with Crippen molar-refractivity contribution in [3.8, 4) is 34.6 Å². The Kier molecular flexibility index (Phi) is 6.91. The van der Waals surface area contributed by atoms with Gasteiger partial charge in [0.25, 0.3) is 10.1 Å². The second kappa shape index (κ2) is 9.59. The molecule has 0 radical (unpaired) electrons. The van der Waals surface area contributed by atoms with Gasteiger partial charge in [-0.25, -0.2) is 4.68 Å². The van der Waals surface area contributed by atoms with Crippen molar-refractivity contribution < 1.29 is 26.8 Å². The summed E-state index contributed by atoms with van der Waals surface area (Å²) in [6.07, 6.45) is 0.997. The quantitative estimate of drug-likeness (QED) is 0.355. The van der Waals surface area contributed by atoms with Gasteiger partial charge in [0.15, 0.2) is 5.82 Å². The van der Waals surface area contributed by atoms with Gasteiger partial charge in [0, 0.05) is 5.56 Å². The third-order valence-electron chi connectivity index (χ3n) is 3.94. The fourth-order valence-electron chi connectivity index (χ4n) is 2.62. The fraction of sp³-hybridized carbons (Fsp3) is 0.300. The highest BCUT2D eigenvalue weighted by Gasteiger charge is 2.15. The number of nitrogens with zero attached hydrogens (tertiary/aromatic N) is 3. The lowest BCUT2D eigenvalue weighted by Gasteiger charge is -2.09. The molecular formula is C20H23N3O6S. The van der Waals surface area contributed by atoms with E-state index in [1.165, 1.54) is 0 Å². The van der Waals surface area contributed by atoms with E-state index in [-0.39, 0.29) is 19.2 Å². The van der Waals surface area contributed by atoms with Gasteiger partial charge in [0.05, 0.1) is 25.7 Å². The molecule has 3 rings (SSSR count). The molecule has 0 bridgehead atoms. The van der Waals surface area contributed by atoms with Gasteiger partial charge >= 0.3 is 6.01 Å². The van der Waals surface area contributed by atoms with Crippen molar-refractivity contribution in [2.24, 2.45) is 0 Å². The van der Waals surface area contributed by atoms with Gasteiger partial charge in [0.2, 0.25) is 0 Å². The van der Waals surface area contributed by atoms with Crippen LogP contribution in [0.15, 0.2) is 48.5 Å². The van der Waals surface area contributed by atoms with E-state index in [1.807, 2.05) is 43.3 Å². The second-order valence-corrected chi connectivity index (χ2v) is 7.80. The minimum absolute atomic E-state index is 0.0515. The normalized spacial score (nSPS) is 11.3.